The van der Waals surface area contributed by atoms with Crippen molar-refractivity contribution in [3.8, 4) is 0 Å². The van der Waals surface area contributed by atoms with E-state index in [0.29, 0.717) is 0 Å². The molecule has 0 radical (unpaired) electrons. The molecule has 0 aliphatic rings. The van der Waals surface area contributed by atoms with E-state index in [1.807, 2.05) is 0 Å². The summed E-state index contributed by atoms with van der Waals surface area (Å²) in [6.07, 6.45) is -2.81. The third-order valence-electron chi connectivity index (χ3n) is 1.53. The van der Waals surface area contributed by atoms with Gasteiger partial charge in [0, 0.05) is 23.3 Å². The van der Waals surface area contributed by atoms with Crippen LogP contribution in [0, 0.1) is 0 Å². The predicted molar refractivity (Wildman–Crippen MR) is 45.9 cm³/mol. The smallest absolute Gasteiger partial charge is 0.253 e. The van der Waals surface area contributed by atoms with Crippen LogP contribution in [-0.4, -0.2) is 18.2 Å². The fourth-order valence-electron chi connectivity index (χ4n) is 0.948. The zero-order valence-corrected chi connectivity index (χ0v) is 8.69. The van der Waals surface area contributed by atoms with Gasteiger partial charge in [0.25, 0.3) is 15.5 Å². The van der Waals surface area contributed by atoms with Gasteiger partial charge in [-0.15, -0.1) is 0 Å². The van der Waals surface area contributed by atoms with Gasteiger partial charge in [0.05, 0.1) is 0 Å². The van der Waals surface area contributed by atoms with E-state index >= 15 is 0 Å². The lowest BCUT2D eigenvalue weighted by atomic mass is 10.5. The summed E-state index contributed by atoms with van der Waals surface area (Å²) in [6, 6.07) is 0.774. The Labute approximate surface area is 83.9 Å². The van der Waals surface area contributed by atoms with Crippen molar-refractivity contribution >= 4 is 19.7 Å². The van der Waals surface area contributed by atoms with Crippen LogP contribution >= 0.6 is 10.7 Å². The topological polar surface area (TPSA) is 52.0 Å². The van der Waals surface area contributed by atoms with Gasteiger partial charge >= 0.3 is 0 Å². The number of aromatic nitrogens is 2. The van der Waals surface area contributed by atoms with Gasteiger partial charge in [-0.3, -0.25) is 4.68 Å². The second-order valence-corrected chi connectivity index (χ2v) is 4.97. The maximum Gasteiger partial charge on any atom is 0.282 e. The maximum absolute atomic E-state index is 12.2. The fourth-order valence-corrected chi connectivity index (χ4v) is 2.00. The van der Waals surface area contributed by atoms with Crippen LogP contribution in [-0.2, 0) is 15.6 Å². The maximum atomic E-state index is 12.2. The molecule has 0 saturated carbocycles. The normalized spacial score (nSPS) is 12.4. The molecule has 1 aromatic heterocycles. The summed E-state index contributed by atoms with van der Waals surface area (Å²) in [6.45, 7) is 1.74. The van der Waals surface area contributed by atoms with Crippen LogP contribution in [0.4, 0.5) is 8.78 Å². The molecule has 0 atom stereocenters. The number of halogens is 3. The molecule has 14 heavy (non-hydrogen) atoms. The second-order valence-electron chi connectivity index (χ2n) is 2.46. The molecule has 0 spiro atoms. The minimum absolute atomic E-state index is 0.161. The molecule has 1 aromatic rings. The molecule has 1 heterocycles. The predicted octanol–water partition coefficient (Wildman–Crippen LogP) is 1.77. The molecule has 1 rings (SSSR count). The van der Waals surface area contributed by atoms with E-state index in [4.69, 9.17) is 10.7 Å². The fraction of sp³-hybridized carbons (Fsp3) is 0.500. The number of hydrogen-bond acceptors (Lipinski definition) is 3. The Morgan fingerprint density at radius 2 is 2.21 bits per heavy atom. The lowest BCUT2D eigenvalue weighted by Gasteiger charge is -1.98. The quantitative estimate of drug-likeness (QED) is 0.762. The summed E-state index contributed by atoms with van der Waals surface area (Å²) >= 11 is 0. The lowest BCUT2D eigenvalue weighted by Crippen LogP contribution is -2.05. The first-order valence-corrected chi connectivity index (χ1v) is 5.97. The van der Waals surface area contributed by atoms with E-state index in [9.17, 15) is 17.2 Å². The lowest BCUT2D eigenvalue weighted by molar-refractivity contribution is 0.145. The molecule has 80 valence electrons. The van der Waals surface area contributed by atoms with E-state index < -0.39 is 26.2 Å². The van der Waals surface area contributed by atoms with Gasteiger partial charge in [0.2, 0.25) is 0 Å². The Hall–Kier alpha value is -0.690. The minimum atomic E-state index is -4.02. The average molecular weight is 245 g/mol. The van der Waals surface area contributed by atoms with E-state index in [0.717, 1.165) is 10.7 Å². The van der Waals surface area contributed by atoms with Gasteiger partial charge in [-0.05, 0) is 6.92 Å². The summed E-state index contributed by atoms with van der Waals surface area (Å²) in [5, 5.41) is 2.99. The molecule has 0 aromatic carbocycles. The van der Waals surface area contributed by atoms with E-state index in [2.05, 4.69) is 5.10 Å². The summed E-state index contributed by atoms with van der Waals surface area (Å²) in [5.74, 6) is 0. The number of rotatable bonds is 3. The van der Waals surface area contributed by atoms with Crippen molar-refractivity contribution in [1.29, 1.82) is 0 Å². The molecule has 0 unspecified atom stereocenters. The van der Waals surface area contributed by atoms with Gasteiger partial charge in [-0.2, -0.15) is 5.10 Å². The van der Waals surface area contributed by atoms with Gasteiger partial charge in [-0.1, -0.05) is 0 Å². The van der Waals surface area contributed by atoms with E-state index in [-0.39, 0.29) is 6.54 Å². The molecular formula is C6H7ClF2N2O2S. The van der Waals surface area contributed by atoms with Crippen molar-refractivity contribution in [3.05, 3.63) is 11.8 Å². The first-order valence-electron chi connectivity index (χ1n) is 3.66. The van der Waals surface area contributed by atoms with E-state index in [1.54, 1.807) is 6.92 Å². The van der Waals surface area contributed by atoms with Crippen LogP contribution in [0.3, 0.4) is 0 Å². The highest BCUT2D eigenvalue weighted by Crippen LogP contribution is 2.22. The zero-order chi connectivity index (χ0) is 10.9. The van der Waals surface area contributed by atoms with Gasteiger partial charge in [0.15, 0.2) is 5.03 Å². The third-order valence-corrected chi connectivity index (χ3v) is 2.84. The Kier molecular flexibility index (Phi) is 3.10. The van der Waals surface area contributed by atoms with Crippen molar-refractivity contribution < 1.29 is 17.2 Å². The van der Waals surface area contributed by atoms with Gasteiger partial charge < -0.3 is 0 Å². The molecule has 0 aliphatic carbocycles. The summed E-state index contributed by atoms with van der Waals surface area (Å²) in [7, 11) is 1.01. The minimum Gasteiger partial charge on any atom is -0.253 e. The Bertz CT molecular complexity index is 429. The molecule has 0 N–H and O–H groups in total. The van der Waals surface area contributed by atoms with Crippen molar-refractivity contribution in [2.75, 3.05) is 0 Å². The SMILES string of the molecule is CCn1nc(C(F)F)cc1S(=O)(=O)Cl. The highest BCUT2D eigenvalue weighted by atomic mass is 35.7. The van der Waals surface area contributed by atoms with Crippen molar-refractivity contribution in [2.45, 2.75) is 24.9 Å². The van der Waals surface area contributed by atoms with Crippen molar-refractivity contribution in [2.24, 2.45) is 0 Å². The molecule has 0 saturated heterocycles. The molecular weight excluding hydrogens is 238 g/mol. The third kappa shape index (κ3) is 2.21. The molecule has 0 bridgehead atoms. The summed E-state index contributed by atoms with van der Waals surface area (Å²) in [4.78, 5) is 0. The molecule has 8 heteroatoms. The van der Waals surface area contributed by atoms with Crippen LogP contribution < -0.4 is 0 Å². The number of nitrogens with zero attached hydrogens (tertiary/aromatic N) is 2. The van der Waals surface area contributed by atoms with Gasteiger partial charge in [0.1, 0.15) is 5.69 Å². The average Bonchev–Trinajstić information content (AvgIpc) is 2.46. The Morgan fingerprint density at radius 1 is 1.64 bits per heavy atom. The van der Waals surface area contributed by atoms with E-state index in [1.165, 1.54) is 0 Å². The highest BCUT2D eigenvalue weighted by molar-refractivity contribution is 8.13. The van der Waals surface area contributed by atoms with Crippen LogP contribution in [0.1, 0.15) is 19.0 Å². The second kappa shape index (κ2) is 3.82. The van der Waals surface area contributed by atoms with Crippen molar-refractivity contribution in [3.63, 3.8) is 0 Å². The molecule has 0 amide bonds. The molecule has 0 aliphatic heterocycles. The van der Waals surface area contributed by atoms with Crippen LogP contribution in [0.25, 0.3) is 0 Å². The highest BCUT2D eigenvalue weighted by Gasteiger charge is 2.22. The molecule has 0 fully saturated rings. The first-order chi connectivity index (χ1) is 6.36. The summed E-state index contributed by atoms with van der Waals surface area (Å²) in [5.41, 5.74) is -0.592. The number of aryl methyl sites for hydroxylation is 1. The van der Waals surface area contributed by atoms with Crippen LogP contribution in [0.2, 0.25) is 0 Å². The van der Waals surface area contributed by atoms with Gasteiger partial charge in [-0.25, -0.2) is 17.2 Å². The van der Waals surface area contributed by atoms with Crippen LogP contribution in [0.5, 0.6) is 0 Å². The first kappa shape index (κ1) is 11.4. The zero-order valence-electron chi connectivity index (χ0n) is 7.11. The number of hydrogen-bond donors (Lipinski definition) is 0. The van der Waals surface area contributed by atoms with Crippen molar-refractivity contribution in [1.82, 2.24) is 9.78 Å². The summed E-state index contributed by atoms with van der Waals surface area (Å²) < 4.78 is 47.1. The molecule has 4 nitrogen and oxygen atoms in total. The monoisotopic (exact) mass is 244 g/mol. The standard InChI is InChI=1S/C6H7ClF2N2O2S/c1-2-11-5(14(7,12)13)3-4(10-11)6(8)9/h3,6H,2H2,1H3. The Balaban J connectivity index is 3.30. The van der Waals surface area contributed by atoms with Crippen LogP contribution in [0.15, 0.2) is 11.1 Å². The number of alkyl halides is 2. The largest absolute Gasteiger partial charge is 0.282 e. The Morgan fingerprint density at radius 3 is 2.50 bits per heavy atom.